The molecule has 0 heterocycles. The molecular weight excluding hydrogens is 400 g/mol. The van der Waals surface area contributed by atoms with Gasteiger partial charge in [-0.15, -0.1) is 0 Å². The Morgan fingerprint density at radius 1 is 1.11 bits per heavy atom. The van der Waals surface area contributed by atoms with E-state index in [9.17, 15) is 9.18 Å². The second-order valence-electron chi connectivity index (χ2n) is 3.71. The van der Waals surface area contributed by atoms with Gasteiger partial charge in [-0.3, -0.25) is 4.79 Å². The molecule has 0 aromatic heterocycles. The highest BCUT2D eigenvalue weighted by Gasteiger charge is 2.12. The molecule has 0 fully saturated rings. The number of hydrogen-bond acceptors (Lipinski definition) is 1. The summed E-state index contributed by atoms with van der Waals surface area (Å²) in [5.41, 5.74) is 0.795. The van der Waals surface area contributed by atoms with Crippen LogP contribution in [0.5, 0.6) is 0 Å². The zero-order chi connectivity index (χ0) is 14.0. The van der Waals surface area contributed by atoms with E-state index in [2.05, 4.69) is 37.2 Å². The Labute approximate surface area is 131 Å². The fourth-order valence-corrected chi connectivity index (χ4v) is 2.37. The van der Waals surface area contributed by atoms with Crippen molar-refractivity contribution in [3.05, 3.63) is 61.7 Å². The third-order valence-electron chi connectivity index (χ3n) is 2.35. The summed E-state index contributed by atoms with van der Waals surface area (Å²) in [5, 5.41) is 3.22. The van der Waals surface area contributed by atoms with Crippen LogP contribution in [0.4, 0.5) is 10.1 Å². The fourth-order valence-electron chi connectivity index (χ4n) is 1.44. The van der Waals surface area contributed by atoms with E-state index in [1.54, 1.807) is 18.2 Å². The molecule has 0 saturated carbocycles. The molecule has 2 rings (SSSR count). The molecule has 2 aromatic carbocycles. The molecule has 0 aliphatic carbocycles. The van der Waals surface area contributed by atoms with Gasteiger partial charge in [0.25, 0.3) is 5.91 Å². The minimum atomic E-state index is -0.467. The maximum Gasteiger partial charge on any atom is 0.256 e. The van der Waals surface area contributed by atoms with Crippen LogP contribution in [0.1, 0.15) is 10.4 Å². The number of carbonyl (C=O) groups excluding carboxylic acids is 1. The van der Waals surface area contributed by atoms with Crippen molar-refractivity contribution in [1.29, 1.82) is 0 Å². The van der Waals surface area contributed by atoms with Gasteiger partial charge in [-0.05, 0) is 68.3 Å². The van der Waals surface area contributed by atoms with E-state index >= 15 is 0 Å². The maximum atomic E-state index is 13.1. The van der Waals surface area contributed by atoms with Crippen LogP contribution in [-0.2, 0) is 0 Å². The number of benzene rings is 2. The Kier molecular flexibility index (Phi) is 4.60. The molecular formula is C13H7Br2ClFNO. The van der Waals surface area contributed by atoms with Gasteiger partial charge in [-0.1, -0.05) is 11.6 Å². The Bertz CT molecular complexity index is 649. The molecule has 0 aliphatic rings. The molecule has 98 valence electrons. The van der Waals surface area contributed by atoms with Gasteiger partial charge in [-0.2, -0.15) is 0 Å². The van der Waals surface area contributed by atoms with Gasteiger partial charge in [0.1, 0.15) is 5.82 Å². The molecule has 0 bridgehead atoms. The van der Waals surface area contributed by atoms with Gasteiger partial charge in [0, 0.05) is 14.6 Å². The van der Waals surface area contributed by atoms with Crippen molar-refractivity contribution in [2.75, 3.05) is 5.32 Å². The predicted molar refractivity (Wildman–Crippen MR) is 81.2 cm³/mol. The number of halogens is 4. The third kappa shape index (κ3) is 3.55. The first kappa shape index (κ1) is 14.5. The number of amides is 1. The number of hydrogen-bond donors (Lipinski definition) is 1. The highest BCUT2D eigenvalue weighted by atomic mass is 79.9. The summed E-state index contributed by atoms with van der Waals surface area (Å²) in [4.78, 5) is 12.0. The first-order valence-corrected chi connectivity index (χ1v) is 7.15. The summed E-state index contributed by atoms with van der Waals surface area (Å²) in [6.45, 7) is 0. The number of rotatable bonds is 2. The van der Waals surface area contributed by atoms with Crippen molar-refractivity contribution < 1.29 is 9.18 Å². The SMILES string of the molecule is O=C(Nc1ccc(Cl)c(Br)c1)c1cc(F)ccc1Br. The smallest absolute Gasteiger partial charge is 0.256 e. The predicted octanol–water partition coefficient (Wildman–Crippen LogP) is 5.26. The number of nitrogens with one attached hydrogen (secondary N) is 1. The lowest BCUT2D eigenvalue weighted by atomic mass is 10.2. The maximum absolute atomic E-state index is 13.1. The van der Waals surface area contributed by atoms with Crippen LogP contribution in [-0.4, -0.2) is 5.91 Å². The van der Waals surface area contributed by atoms with Gasteiger partial charge >= 0.3 is 0 Å². The molecule has 1 N–H and O–H groups in total. The summed E-state index contributed by atoms with van der Waals surface area (Å²) in [6, 6.07) is 8.93. The molecule has 2 aromatic rings. The summed E-state index contributed by atoms with van der Waals surface area (Å²) in [7, 11) is 0. The highest BCUT2D eigenvalue weighted by molar-refractivity contribution is 9.10. The molecule has 2 nitrogen and oxygen atoms in total. The molecule has 6 heteroatoms. The van der Waals surface area contributed by atoms with E-state index < -0.39 is 11.7 Å². The second-order valence-corrected chi connectivity index (χ2v) is 5.82. The molecule has 0 atom stereocenters. The first-order chi connectivity index (χ1) is 8.97. The molecule has 0 aliphatic heterocycles. The summed E-state index contributed by atoms with van der Waals surface area (Å²) in [6.07, 6.45) is 0. The van der Waals surface area contributed by atoms with Gasteiger partial charge in [-0.25, -0.2) is 4.39 Å². The topological polar surface area (TPSA) is 29.1 Å². The van der Waals surface area contributed by atoms with Crippen molar-refractivity contribution in [2.24, 2.45) is 0 Å². The van der Waals surface area contributed by atoms with E-state index in [1.165, 1.54) is 18.2 Å². The van der Waals surface area contributed by atoms with Gasteiger partial charge in [0.15, 0.2) is 0 Å². The summed E-state index contributed by atoms with van der Waals surface area (Å²) >= 11 is 12.3. The van der Waals surface area contributed by atoms with Crippen LogP contribution >= 0.6 is 43.5 Å². The minimum Gasteiger partial charge on any atom is -0.322 e. The van der Waals surface area contributed by atoms with E-state index in [4.69, 9.17) is 11.6 Å². The molecule has 0 spiro atoms. The Balaban J connectivity index is 2.25. The molecule has 0 saturated heterocycles. The average Bonchev–Trinajstić information content (AvgIpc) is 2.36. The van der Waals surface area contributed by atoms with E-state index in [-0.39, 0.29) is 5.56 Å². The van der Waals surface area contributed by atoms with Crippen molar-refractivity contribution >= 4 is 55.1 Å². The van der Waals surface area contributed by atoms with E-state index in [1.807, 2.05) is 0 Å². The molecule has 19 heavy (non-hydrogen) atoms. The lowest BCUT2D eigenvalue weighted by Crippen LogP contribution is -2.12. The van der Waals surface area contributed by atoms with Crippen molar-refractivity contribution in [3.63, 3.8) is 0 Å². The van der Waals surface area contributed by atoms with Crippen LogP contribution in [0.25, 0.3) is 0 Å². The molecule has 1 amide bonds. The van der Waals surface area contributed by atoms with E-state index in [0.717, 1.165) is 0 Å². The van der Waals surface area contributed by atoms with Crippen molar-refractivity contribution in [1.82, 2.24) is 0 Å². The first-order valence-electron chi connectivity index (χ1n) is 5.19. The third-order valence-corrected chi connectivity index (χ3v) is 4.26. The molecule has 0 unspecified atom stereocenters. The largest absolute Gasteiger partial charge is 0.322 e. The van der Waals surface area contributed by atoms with Crippen molar-refractivity contribution in [2.45, 2.75) is 0 Å². The number of anilines is 1. The van der Waals surface area contributed by atoms with Crippen LogP contribution < -0.4 is 5.32 Å². The standard InChI is InChI=1S/C13H7Br2ClFNO/c14-10-3-1-7(17)5-9(10)13(19)18-8-2-4-12(16)11(15)6-8/h1-6H,(H,18,19). The van der Waals surface area contributed by atoms with Crippen LogP contribution in [0.15, 0.2) is 45.3 Å². The quantitative estimate of drug-likeness (QED) is 0.723. The van der Waals surface area contributed by atoms with Gasteiger partial charge < -0.3 is 5.32 Å². The van der Waals surface area contributed by atoms with Crippen LogP contribution in [0.2, 0.25) is 5.02 Å². The monoisotopic (exact) mass is 405 g/mol. The Hall–Kier alpha value is -0.910. The zero-order valence-electron chi connectivity index (χ0n) is 9.38. The summed E-state index contributed by atoms with van der Waals surface area (Å²) in [5.74, 6) is -0.869. The number of carbonyl (C=O) groups is 1. The van der Waals surface area contributed by atoms with E-state index in [0.29, 0.717) is 19.7 Å². The minimum absolute atomic E-state index is 0.228. The van der Waals surface area contributed by atoms with Crippen LogP contribution in [0.3, 0.4) is 0 Å². The fraction of sp³-hybridized carbons (Fsp3) is 0. The molecule has 0 radical (unpaired) electrons. The lowest BCUT2D eigenvalue weighted by molar-refractivity contribution is 0.102. The Morgan fingerprint density at radius 3 is 2.53 bits per heavy atom. The van der Waals surface area contributed by atoms with Gasteiger partial charge in [0.2, 0.25) is 0 Å². The summed E-state index contributed by atoms with van der Waals surface area (Å²) < 4.78 is 14.3. The van der Waals surface area contributed by atoms with Crippen LogP contribution in [0, 0.1) is 5.82 Å². The highest BCUT2D eigenvalue weighted by Crippen LogP contribution is 2.26. The second kappa shape index (κ2) is 6.03. The van der Waals surface area contributed by atoms with Gasteiger partial charge in [0.05, 0.1) is 10.6 Å². The zero-order valence-corrected chi connectivity index (χ0v) is 13.3. The lowest BCUT2D eigenvalue weighted by Gasteiger charge is -2.08. The normalized spacial score (nSPS) is 10.3. The average molecular weight is 407 g/mol. The Morgan fingerprint density at radius 2 is 1.84 bits per heavy atom. The van der Waals surface area contributed by atoms with Crippen molar-refractivity contribution in [3.8, 4) is 0 Å².